The van der Waals surface area contributed by atoms with Crippen LogP contribution in [-0.4, -0.2) is 64.8 Å². The summed E-state index contributed by atoms with van der Waals surface area (Å²) < 4.78 is 13.6. The van der Waals surface area contributed by atoms with E-state index in [-0.39, 0.29) is 24.8 Å². The minimum Gasteiger partial charge on any atom is -0.493 e. The topological polar surface area (TPSA) is 101 Å². The van der Waals surface area contributed by atoms with Crippen LogP contribution in [0.5, 0.6) is 11.5 Å². The Balaban J connectivity index is 1.37. The number of aryl methyl sites for hydroxylation is 2. The van der Waals surface area contributed by atoms with Gasteiger partial charge in [-0.15, -0.1) is 0 Å². The zero-order valence-electron chi connectivity index (χ0n) is 24.4. The Bertz CT molecular complexity index is 1550. The number of amides is 2. The van der Waals surface area contributed by atoms with Crippen molar-refractivity contribution in [2.24, 2.45) is 0 Å². The lowest BCUT2D eigenvalue weighted by atomic mass is 10.0. The second-order valence-corrected chi connectivity index (χ2v) is 10.7. The van der Waals surface area contributed by atoms with Crippen molar-refractivity contribution >= 4 is 22.7 Å². The molecule has 2 bridgehead atoms. The Morgan fingerprint density at radius 2 is 1.98 bits per heavy atom. The molecule has 9 nitrogen and oxygen atoms in total. The van der Waals surface area contributed by atoms with Crippen LogP contribution in [0.4, 0.5) is 0 Å². The summed E-state index contributed by atoms with van der Waals surface area (Å²) in [5, 5.41) is 8.76. The Kier molecular flexibility index (Phi) is 8.61. The van der Waals surface area contributed by atoms with Crippen LogP contribution in [0.2, 0.25) is 0 Å². The number of carbonyl (C=O) groups is 2. The number of benzene rings is 2. The summed E-state index contributed by atoms with van der Waals surface area (Å²) in [5.74, 6) is 1.09. The average molecular weight is 558 g/mol. The highest BCUT2D eigenvalue weighted by atomic mass is 16.5. The van der Waals surface area contributed by atoms with Crippen LogP contribution in [0.15, 0.2) is 42.5 Å². The molecule has 2 aromatic heterocycles. The van der Waals surface area contributed by atoms with Gasteiger partial charge in [-0.2, -0.15) is 5.10 Å². The number of H-pyrrole nitrogens is 1. The Morgan fingerprint density at radius 1 is 1.15 bits per heavy atom. The SMILES string of the molecule is COc1ccc2cc1OCCCN(C(=O)CCn1nc(C)c(C)c1C)CC(=O)NCCc1c([nH]c3ccccc13)C2. The molecule has 3 heterocycles. The predicted octanol–water partition coefficient (Wildman–Crippen LogP) is 4.25. The molecule has 9 heteroatoms. The van der Waals surface area contributed by atoms with Crippen LogP contribution in [0.1, 0.15) is 46.6 Å². The molecule has 0 saturated heterocycles. The van der Waals surface area contributed by atoms with E-state index in [0.717, 1.165) is 39.1 Å². The number of methoxy groups -OCH3 is 1. The first-order valence-electron chi connectivity index (χ1n) is 14.3. The van der Waals surface area contributed by atoms with Gasteiger partial charge >= 0.3 is 0 Å². The quantitative estimate of drug-likeness (QED) is 0.391. The highest BCUT2D eigenvalue weighted by Gasteiger charge is 2.20. The molecule has 2 amide bonds. The molecular formula is C32H39N5O4. The molecule has 0 unspecified atom stereocenters. The number of nitrogens with one attached hydrogen (secondary N) is 2. The highest BCUT2D eigenvalue weighted by Crippen LogP contribution is 2.31. The van der Waals surface area contributed by atoms with Gasteiger partial charge < -0.3 is 24.7 Å². The molecule has 41 heavy (non-hydrogen) atoms. The summed E-state index contributed by atoms with van der Waals surface area (Å²) in [6.45, 7) is 7.79. The van der Waals surface area contributed by atoms with Gasteiger partial charge in [0.15, 0.2) is 11.5 Å². The van der Waals surface area contributed by atoms with E-state index in [1.165, 1.54) is 5.56 Å². The van der Waals surface area contributed by atoms with Crippen molar-refractivity contribution in [3.05, 3.63) is 76.2 Å². The lowest BCUT2D eigenvalue weighted by Gasteiger charge is -2.23. The molecule has 0 fully saturated rings. The number of ether oxygens (including phenoxy) is 2. The number of fused-ring (bicyclic) bond motifs is 5. The normalized spacial score (nSPS) is 14.8. The fourth-order valence-corrected chi connectivity index (χ4v) is 5.49. The van der Waals surface area contributed by atoms with Gasteiger partial charge in [0, 0.05) is 54.8 Å². The first kappa shape index (κ1) is 28.3. The highest BCUT2D eigenvalue weighted by molar-refractivity contribution is 5.86. The molecule has 0 aliphatic carbocycles. The second-order valence-electron chi connectivity index (χ2n) is 10.7. The first-order chi connectivity index (χ1) is 19.8. The molecule has 1 aliphatic rings. The fraction of sp³-hybridized carbons (Fsp3) is 0.406. The third-order valence-electron chi connectivity index (χ3n) is 8.01. The van der Waals surface area contributed by atoms with Gasteiger partial charge in [-0.05, 0) is 68.5 Å². The summed E-state index contributed by atoms with van der Waals surface area (Å²) in [5.41, 5.74) is 7.62. The van der Waals surface area contributed by atoms with E-state index in [4.69, 9.17) is 9.47 Å². The molecule has 2 aromatic carbocycles. The van der Waals surface area contributed by atoms with Crippen molar-refractivity contribution in [2.75, 3.05) is 33.4 Å². The van der Waals surface area contributed by atoms with Gasteiger partial charge in [0.25, 0.3) is 0 Å². The monoisotopic (exact) mass is 557 g/mol. The number of nitrogens with zero attached hydrogens (tertiary/aromatic N) is 3. The summed E-state index contributed by atoms with van der Waals surface area (Å²) in [6, 6.07) is 14.3. The molecule has 0 radical (unpaired) electrons. The standard InChI is InChI=1S/C32H39N5O4/c1-21-22(2)35-37(23(21)3)16-13-32(39)36-15-7-17-41-30-19-24(10-11-29(30)40-4)18-28-26(12-14-33-31(38)20-36)25-8-5-6-9-27(25)34-28/h5-6,8-11,19,34H,7,12-18,20H2,1-4H3,(H,33,38). The molecule has 4 aromatic rings. The van der Waals surface area contributed by atoms with Gasteiger partial charge in [0.2, 0.25) is 11.8 Å². The summed E-state index contributed by atoms with van der Waals surface area (Å²) >= 11 is 0. The number of aromatic nitrogens is 3. The number of hydrogen-bond acceptors (Lipinski definition) is 5. The summed E-state index contributed by atoms with van der Waals surface area (Å²) in [6.07, 6.45) is 2.23. The average Bonchev–Trinajstić information content (AvgIpc) is 3.43. The van der Waals surface area contributed by atoms with Gasteiger partial charge in [0.05, 0.1) is 26.0 Å². The molecule has 5 rings (SSSR count). The molecular weight excluding hydrogens is 518 g/mol. The maximum atomic E-state index is 13.3. The lowest BCUT2D eigenvalue weighted by molar-refractivity contribution is -0.136. The van der Waals surface area contributed by atoms with Crippen molar-refractivity contribution in [1.29, 1.82) is 0 Å². The van der Waals surface area contributed by atoms with E-state index in [1.807, 2.05) is 49.7 Å². The van der Waals surface area contributed by atoms with E-state index >= 15 is 0 Å². The van der Waals surface area contributed by atoms with Crippen LogP contribution in [-0.2, 0) is 29.0 Å². The Labute approximate surface area is 240 Å². The maximum Gasteiger partial charge on any atom is 0.239 e. The van der Waals surface area contributed by atoms with Gasteiger partial charge in [-0.3, -0.25) is 14.3 Å². The first-order valence-corrected chi connectivity index (χ1v) is 14.3. The minimum absolute atomic E-state index is 0.00846. The van der Waals surface area contributed by atoms with Crippen LogP contribution in [0.25, 0.3) is 10.9 Å². The number of aromatic amines is 1. The van der Waals surface area contributed by atoms with E-state index in [9.17, 15) is 9.59 Å². The molecule has 0 spiro atoms. The second kappa shape index (κ2) is 12.5. The van der Waals surface area contributed by atoms with E-state index in [1.54, 1.807) is 12.0 Å². The van der Waals surface area contributed by atoms with Crippen molar-refractivity contribution in [2.45, 2.75) is 53.0 Å². The smallest absolute Gasteiger partial charge is 0.239 e. The number of carbonyl (C=O) groups excluding carboxylic acids is 2. The third kappa shape index (κ3) is 6.39. The lowest BCUT2D eigenvalue weighted by Crippen LogP contribution is -2.42. The Morgan fingerprint density at radius 3 is 2.76 bits per heavy atom. The van der Waals surface area contributed by atoms with Gasteiger partial charge in [-0.25, -0.2) is 0 Å². The van der Waals surface area contributed by atoms with Crippen molar-refractivity contribution in [3.8, 4) is 11.5 Å². The zero-order chi connectivity index (χ0) is 28.9. The largest absolute Gasteiger partial charge is 0.493 e. The van der Waals surface area contributed by atoms with Crippen LogP contribution in [0.3, 0.4) is 0 Å². The molecule has 0 atom stereocenters. The van der Waals surface area contributed by atoms with Crippen molar-refractivity contribution in [3.63, 3.8) is 0 Å². The van der Waals surface area contributed by atoms with Gasteiger partial charge in [0.1, 0.15) is 0 Å². The number of para-hydroxylation sites is 1. The van der Waals surface area contributed by atoms with Crippen LogP contribution >= 0.6 is 0 Å². The number of hydrogen-bond donors (Lipinski definition) is 2. The minimum atomic E-state index is -0.165. The molecule has 2 N–H and O–H groups in total. The summed E-state index contributed by atoms with van der Waals surface area (Å²) in [4.78, 5) is 31.6. The zero-order valence-corrected chi connectivity index (χ0v) is 24.4. The predicted molar refractivity (Wildman–Crippen MR) is 159 cm³/mol. The van der Waals surface area contributed by atoms with Crippen LogP contribution < -0.4 is 14.8 Å². The summed E-state index contributed by atoms with van der Waals surface area (Å²) in [7, 11) is 1.63. The third-order valence-corrected chi connectivity index (χ3v) is 8.01. The van der Waals surface area contributed by atoms with Crippen molar-refractivity contribution in [1.82, 2.24) is 25.0 Å². The van der Waals surface area contributed by atoms with Gasteiger partial charge in [-0.1, -0.05) is 24.3 Å². The fourth-order valence-electron chi connectivity index (χ4n) is 5.49. The van der Waals surface area contributed by atoms with E-state index < -0.39 is 0 Å². The molecule has 0 saturated carbocycles. The molecule has 216 valence electrons. The molecule has 1 aliphatic heterocycles. The Hall–Kier alpha value is -4.27. The van der Waals surface area contributed by atoms with Crippen molar-refractivity contribution < 1.29 is 19.1 Å². The number of rotatable bonds is 4. The van der Waals surface area contributed by atoms with E-state index in [2.05, 4.69) is 33.6 Å². The van der Waals surface area contributed by atoms with Crippen LogP contribution in [0, 0.1) is 20.8 Å². The maximum absolute atomic E-state index is 13.3. The van der Waals surface area contributed by atoms with E-state index in [0.29, 0.717) is 57.0 Å².